The van der Waals surface area contributed by atoms with Crippen LogP contribution in [-0.4, -0.2) is 18.1 Å². The van der Waals surface area contributed by atoms with Crippen LogP contribution in [0, 0.1) is 20.8 Å². The molecule has 0 bridgehead atoms. The van der Waals surface area contributed by atoms with E-state index in [1.807, 2.05) is 19.1 Å². The van der Waals surface area contributed by atoms with Crippen LogP contribution in [0.2, 0.25) is 0 Å². The fourth-order valence-electron chi connectivity index (χ4n) is 4.22. The first-order valence-corrected chi connectivity index (χ1v) is 12.1. The zero-order valence-electron chi connectivity index (χ0n) is 18.8. The van der Waals surface area contributed by atoms with Gasteiger partial charge in [0.05, 0.1) is 4.90 Å². The molecule has 0 fully saturated rings. The molecule has 0 amide bonds. The van der Waals surface area contributed by atoms with E-state index in [9.17, 15) is 13.5 Å². The number of hydrogen-bond acceptors (Lipinski definition) is 3. The lowest BCUT2D eigenvalue weighted by Crippen LogP contribution is -1.96. The van der Waals surface area contributed by atoms with Gasteiger partial charge in [-0.1, -0.05) is 54.1 Å². The molecule has 0 radical (unpaired) electrons. The Kier molecular flexibility index (Phi) is 6.11. The van der Waals surface area contributed by atoms with Gasteiger partial charge in [-0.05, 0) is 102 Å². The average Bonchev–Trinajstić information content (AvgIpc) is 3.16. The van der Waals surface area contributed by atoms with Crippen LogP contribution in [0.3, 0.4) is 0 Å². The second-order valence-electron chi connectivity index (χ2n) is 8.37. The fourth-order valence-corrected chi connectivity index (χ4v) is 4.70. The maximum atomic E-state index is 10.5. The van der Waals surface area contributed by atoms with Crippen LogP contribution < -0.4 is 0 Å². The molecule has 4 aromatic carbocycles. The SMILES string of the molecule is Cc1c(-c2ccc(O)cc2)cc2c(c1C)Cc1ccccc1-2.Cc1ccc(S(=O)(=O)O)cc1. The lowest BCUT2D eigenvalue weighted by atomic mass is 9.90. The number of phenolic OH excluding ortho intramolecular Hbond substituents is 1. The van der Waals surface area contributed by atoms with Gasteiger partial charge in [0, 0.05) is 0 Å². The highest BCUT2D eigenvalue weighted by Gasteiger charge is 2.22. The molecule has 0 aliphatic heterocycles. The minimum absolute atomic E-state index is 0.0666. The number of rotatable bonds is 2. The molecule has 168 valence electrons. The molecule has 0 atom stereocenters. The summed E-state index contributed by atoms with van der Waals surface area (Å²) in [6.45, 7) is 6.26. The third-order valence-corrected chi connectivity index (χ3v) is 7.07. The number of hydrogen-bond donors (Lipinski definition) is 2. The van der Waals surface area contributed by atoms with Crippen LogP contribution in [0.15, 0.2) is 83.8 Å². The van der Waals surface area contributed by atoms with Crippen molar-refractivity contribution in [2.45, 2.75) is 32.1 Å². The van der Waals surface area contributed by atoms with E-state index in [4.69, 9.17) is 4.55 Å². The molecule has 1 aliphatic carbocycles. The van der Waals surface area contributed by atoms with E-state index in [2.05, 4.69) is 44.2 Å². The van der Waals surface area contributed by atoms with Gasteiger partial charge in [-0.25, -0.2) is 0 Å². The Labute approximate surface area is 194 Å². The van der Waals surface area contributed by atoms with E-state index >= 15 is 0 Å². The molecular formula is C28H26O4S. The van der Waals surface area contributed by atoms with Crippen molar-refractivity contribution < 1.29 is 18.1 Å². The highest BCUT2D eigenvalue weighted by Crippen LogP contribution is 2.42. The van der Waals surface area contributed by atoms with Crippen molar-refractivity contribution in [3.8, 4) is 28.0 Å². The predicted octanol–water partition coefficient (Wildman–Crippen LogP) is 6.49. The Morgan fingerprint density at radius 2 is 1.36 bits per heavy atom. The van der Waals surface area contributed by atoms with Gasteiger partial charge in [0.25, 0.3) is 10.1 Å². The summed E-state index contributed by atoms with van der Waals surface area (Å²) in [7, 11) is -4.02. The highest BCUT2D eigenvalue weighted by atomic mass is 32.2. The summed E-state index contributed by atoms with van der Waals surface area (Å²) < 4.78 is 29.6. The van der Waals surface area contributed by atoms with Crippen LogP contribution in [0.25, 0.3) is 22.3 Å². The number of aromatic hydroxyl groups is 1. The molecule has 0 spiro atoms. The summed E-state index contributed by atoms with van der Waals surface area (Å²) in [4.78, 5) is -0.0666. The van der Waals surface area contributed by atoms with Crippen LogP contribution >= 0.6 is 0 Å². The average molecular weight is 459 g/mol. The predicted molar refractivity (Wildman–Crippen MR) is 132 cm³/mol. The second-order valence-corrected chi connectivity index (χ2v) is 9.79. The second kappa shape index (κ2) is 8.85. The standard InChI is InChI=1S/C21H18O.C7H8O3S/c1-13-14(2)20-11-16-5-3-4-6-18(16)21(20)12-19(13)15-7-9-17(22)10-8-15;1-6-2-4-7(5-3-6)11(8,9)10/h3-10,12,22H,11H2,1-2H3;2-5H,1H3,(H,8,9,10). The molecule has 0 saturated carbocycles. The molecule has 2 N–H and O–H groups in total. The van der Waals surface area contributed by atoms with E-state index in [1.165, 1.54) is 51.1 Å². The Morgan fingerprint density at radius 1 is 0.727 bits per heavy atom. The lowest BCUT2D eigenvalue weighted by molar-refractivity contribution is 0.475. The first-order chi connectivity index (χ1) is 15.6. The first kappa shape index (κ1) is 22.8. The molecule has 4 aromatic rings. The van der Waals surface area contributed by atoms with Gasteiger partial charge >= 0.3 is 0 Å². The summed E-state index contributed by atoms with van der Waals surface area (Å²) in [5, 5.41) is 9.51. The summed E-state index contributed by atoms with van der Waals surface area (Å²) in [5.74, 6) is 0.310. The number of aryl methyl sites for hydroxylation is 1. The Morgan fingerprint density at radius 3 is 2.00 bits per heavy atom. The summed E-state index contributed by atoms with van der Waals surface area (Å²) in [6.07, 6.45) is 1.04. The van der Waals surface area contributed by atoms with Gasteiger partial charge in [0.1, 0.15) is 5.75 Å². The topological polar surface area (TPSA) is 74.6 Å². The Bertz CT molecular complexity index is 1420. The van der Waals surface area contributed by atoms with Gasteiger partial charge in [0.15, 0.2) is 0 Å². The zero-order chi connectivity index (χ0) is 23.8. The first-order valence-electron chi connectivity index (χ1n) is 10.7. The van der Waals surface area contributed by atoms with E-state index in [0.717, 1.165) is 17.5 Å². The van der Waals surface area contributed by atoms with E-state index < -0.39 is 10.1 Å². The van der Waals surface area contributed by atoms with E-state index in [1.54, 1.807) is 24.3 Å². The van der Waals surface area contributed by atoms with Crippen LogP contribution in [0.4, 0.5) is 0 Å². The molecular weight excluding hydrogens is 432 g/mol. The monoisotopic (exact) mass is 458 g/mol. The molecule has 33 heavy (non-hydrogen) atoms. The van der Waals surface area contributed by atoms with Gasteiger partial charge in [-0.3, -0.25) is 4.55 Å². The van der Waals surface area contributed by atoms with Gasteiger partial charge in [0.2, 0.25) is 0 Å². The summed E-state index contributed by atoms with van der Waals surface area (Å²) >= 11 is 0. The van der Waals surface area contributed by atoms with Crippen molar-refractivity contribution in [1.29, 1.82) is 0 Å². The third-order valence-electron chi connectivity index (χ3n) is 6.20. The molecule has 0 aromatic heterocycles. The molecule has 5 rings (SSSR count). The van der Waals surface area contributed by atoms with E-state index in [0.29, 0.717) is 5.75 Å². The van der Waals surface area contributed by atoms with Crippen molar-refractivity contribution in [2.24, 2.45) is 0 Å². The fraction of sp³-hybridized carbons (Fsp3) is 0.143. The van der Waals surface area contributed by atoms with Crippen LogP contribution in [-0.2, 0) is 16.5 Å². The third kappa shape index (κ3) is 4.70. The smallest absolute Gasteiger partial charge is 0.294 e. The lowest BCUT2D eigenvalue weighted by Gasteiger charge is -2.14. The molecule has 0 heterocycles. The van der Waals surface area contributed by atoms with Crippen molar-refractivity contribution in [1.82, 2.24) is 0 Å². The van der Waals surface area contributed by atoms with Gasteiger partial charge < -0.3 is 5.11 Å². The van der Waals surface area contributed by atoms with Crippen molar-refractivity contribution in [3.63, 3.8) is 0 Å². The molecule has 0 saturated heterocycles. The number of phenols is 1. The van der Waals surface area contributed by atoms with Gasteiger partial charge in [-0.2, -0.15) is 8.42 Å². The largest absolute Gasteiger partial charge is 0.508 e. The van der Waals surface area contributed by atoms with Crippen molar-refractivity contribution >= 4 is 10.1 Å². The molecule has 4 nitrogen and oxygen atoms in total. The van der Waals surface area contributed by atoms with Crippen LogP contribution in [0.5, 0.6) is 5.75 Å². The molecule has 5 heteroatoms. The minimum Gasteiger partial charge on any atom is -0.508 e. The Hall–Kier alpha value is -3.41. The Balaban J connectivity index is 0.000000200. The maximum Gasteiger partial charge on any atom is 0.294 e. The van der Waals surface area contributed by atoms with Gasteiger partial charge in [-0.15, -0.1) is 0 Å². The molecule has 1 aliphatic rings. The highest BCUT2D eigenvalue weighted by molar-refractivity contribution is 7.85. The normalized spacial score (nSPS) is 11.9. The van der Waals surface area contributed by atoms with Crippen molar-refractivity contribution in [3.05, 3.63) is 107 Å². The zero-order valence-corrected chi connectivity index (χ0v) is 19.6. The quantitative estimate of drug-likeness (QED) is 0.297. The van der Waals surface area contributed by atoms with E-state index in [-0.39, 0.29) is 4.90 Å². The summed E-state index contributed by atoms with van der Waals surface area (Å²) in [6, 6.07) is 24.5. The maximum absolute atomic E-state index is 10.5. The summed E-state index contributed by atoms with van der Waals surface area (Å²) in [5.41, 5.74) is 11.7. The minimum atomic E-state index is -4.02. The number of fused-ring (bicyclic) bond motifs is 3. The number of benzene rings is 4. The molecule has 0 unspecified atom stereocenters. The van der Waals surface area contributed by atoms with Crippen molar-refractivity contribution in [2.75, 3.05) is 0 Å². The van der Waals surface area contributed by atoms with Crippen LogP contribution in [0.1, 0.15) is 27.8 Å².